The van der Waals surface area contributed by atoms with E-state index in [4.69, 9.17) is 0 Å². The lowest BCUT2D eigenvalue weighted by atomic mass is 9.91. The van der Waals surface area contributed by atoms with Gasteiger partial charge < -0.3 is 71.7 Å². The highest BCUT2D eigenvalue weighted by Gasteiger charge is 2.46. The number of amides is 11. The van der Waals surface area contributed by atoms with Crippen LogP contribution in [-0.2, 0) is 52.7 Å². The Balaban J connectivity index is 0.0000366. The summed E-state index contributed by atoms with van der Waals surface area (Å²) in [5.74, 6) is -9.67. The molecule has 8 N–H and O–H groups in total. The second-order valence-electron chi connectivity index (χ2n) is 26.2. The molecule has 25 heteroatoms. The van der Waals surface area contributed by atoms with Gasteiger partial charge >= 0.3 is 0 Å². The van der Waals surface area contributed by atoms with Crippen molar-refractivity contribution in [1.29, 1.82) is 0 Å². The van der Waals surface area contributed by atoms with Crippen molar-refractivity contribution in [3.8, 4) is 0 Å². The van der Waals surface area contributed by atoms with Crippen LogP contribution in [0, 0.1) is 41.4 Å². The molecule has 0 aliphatic carbocycles. The van der Waals surface area contributed by atoms with Gasteiger partial charge in [0, 0.05) is 49.3 Å². The molecule has 0 saturated carbocycles. The zero-order chi connectivity index (χ0) is 68.0. The Kier molecular flexibility index (Phi) is 35.2. The minimum atomic E-state index is -1.60. The Morgan fingerprint density at radius 3 is 1.31 bits per heavy atom. The zero-order valence-corrected chi connectivity index (χ0v) is 57.7. The Bertz CT molecular complexity index is 2280. The van der Waals surface area contributed by atoms with Crippen LogP contribution in [0.3, 0.4) is 0 Å². The summed E-state index contributed by atoms with van der Waals surface area (Å²) in [7, 11) is 13.2. The number of hydrogen-bond donors (Lipinski definition) is 7. The third-order valence-corrected chi connectivity index (χ3v) is 16.2. The summed E-state index contributed by atoms with van der Waals surface area (Å²) in [5, 5.41) is 26.1. The summed E-state index contributed by atoms with van der Waals surface area (Å²) >= 11 is 0. The van der Waals surface area contributed by atoms with Gasteiger partial charge in [-0.15, -0.1) is 0 Å². The number of nitrogens with zero attached hydrogens (tertiary/aromatic N) is 7. The minimum absolute atomic E-state index is 0.0240. The van der Waals surface area contributed by atoms with Gasteiger partial charge in [0.05, 0.1) is 12.6 Å². The lowest BCUT2D eigenvalue weighted by molar-refractivity contribution is -0.157. The fraction of sp³-hybridized carbons (Fsp3) is 0.823. The summed E-state index contributed by atoms with van der Waals surface area (Å²) in [6, 6.07) is -12.3. The maximum Gasteiger partial charge on any atom is 0.246 e. The number of hydrogen-bond acceptors (Lipinski definition) is 14. The quantitative estimate of drug-likeness (QED) is 0.115. The number of nitrogens with one attached hydrogen (secondary N) is 5. The first kappa shape index (κ1) is 81.0. The van der Waals surface area contributed by atoms with Crippen molar-refractivity contribution in [3.63, 3.8) is 0 Å². The van der Waals surface area contributed by atoms with Crippen LogP contribution in [0.1, 0.15) is 149 Å². The normalized spacial score (nSPS) is 26.3. The molecule has 0 spiro atoms. The van der Waals surface area contributed by atoms with Crippen molar-refractivity contribution < 1.29 is 57.8 Å². The van der Waals surface area contributed by atoms with Crippen molar-refractivity contribution in [1.82, 2.24) is 60.9 Å². The third kappa shape index (κ3) is 23.5. The van der Waals surface area contributed by atoms with Gasteiger partial charge in [-0.3, -0.25) is 52.7 Å². The Labute approximate surface area is 521 Å². The van der Waals surface area contributed by atoms with Crippen LogP contribution < -0.4 is 32.3 Å². The lowest BCUT2D eigenvalue weighted by Gasteiger charge is -2.41. The largest absolute Gasteiger partial charge is 0.390 e. The van der Waals surface area contributed by atoms with Gasteiger partial charge in [-0.1, -0.05) is 96.9 Å². The smallest absolute Gasteiger partial charge is 0.246 e. The van der Waals surface area contributed by atoms with E-state index in [0.717, 1.165) is 9.80 Å². The first-order chi connectivity index (χ1) is 40.2. The summed E-state index contributed by atoms with van der Waals surface area (Å²) < 4.78 is 0. The molecule has 25 nitrogen and oxygen atoms in total. The molecule has 11 amide bonds. The number of likely N-dealkylation sites (N-methyl/N-ethyl adjacent to an activating group) is 7. The molecule has 87 heavy (non-hydrogen) atoms. The molecule has 12 unspecified atom stereocenters. The van der Waals surface area contributed by atoms with Crippen LogP contribution in [0.5, 0.6) is 0 Å². The average Bonchev–Trinajstić information content (AvgIpc) is 1.34. The second kappa shape index (κ2) is 37.8. The molecule has 0 aromatic carbocycles. The topological polar surface area (TPSA) is 317 Å². The van der Waals surface area contributed by atoms with Gasteiger partial charge in [-0.05, 0) is 114 Å². The van der Waals surface area contributed by atoms with Crippen molar-refractivity contribution in [3.05, 3.63) is 0 Å². The number of carbonyl (C=O) groups excluding carboxylic acids is 11. The fourth-order valence-electron chi connectivity index (χ4n) is 10.7. The Morgan fingerprint density at radius 1 is 0.471 bits per heavy atom. The molecule has 1 fully saturated rings. The number of rotatable bonds is 16. The van der Waals surface area contributed by atoms with E-state index in [-0.39, 0.29) is 55.8 Å². The molecule has 12 atom stereocenters. The molecule has 0 aromatic rings. The van der Waals surface area contributed by atoms with Gasteiger partial charge in [0.1, 0.15) is 60.4 Å². The maximum absolute atomic E-state index is 15.1. The van der Waals surface area contributed by atoms with E-state index < -0.39 is 156 Å². The van der Waals surface area contributed by atoms with Gasteiger partial charge in [0.15, 0.2) is 0 Å². The summed E-state index contributed by atoms with van der Waals surface area (Å²) in [5.41, 5.74) is 4.50. The molecular formula is C62H117N13O12. The first-order valence-corrected chi connectivity index (χ1v) is 31.2. The predicted octanol–water partition coefficient (Wildman–Crippen LogP) is 1.49. The van der Waals surface area contributed by atoms with Crippen LogP contribution in [0.25, 0.3) is 0 Å². The number of nitrogens with two attached hydrogens (primary N) is 1. The van der Waals surface area contributed by atoms with Crippen LogP contribution in [0.15, 0.2) is 0 Å². The van der Waals surface area contributed by atoms with Crippen molar-refractivity contribution in [2.24, 2.45) is 47.2 Å². The van der Waals surface area contributed by atoms with Gasteiger partial charge in [0.2, 0.25) is 65.0 Å². The lowest BCUT2D eigenvalue weighted by Crippen LogP contribution is -2.63. The van der Waals surface area contributed by atoms with Crippen molar-refractivity contribution in [2.45, 2.75) is 216 Å². The summed E-state index contributed by atoms with van der Waals surface area (Å²) in [4.78, 5) is 169. The molecule has 1 saturated heterocycles. The average molecular weight is 1240 g/mol. The molecule has 0 bridgehead atoms. The second-order valence-corrected chi connectivity index (χ2v) is 26.2. The van der Waals surface area contributed by atoms with Gasteiger partial charge in [0.25, 0.3) is 0 Å². The standard InChI is InChI=1S/C61H112N12O12.CH5N/c1-25-42-57(81)67(18)32-47(74)68(19)43(28-33(2)3)54(78)66-48(37(10)11)60(84)69(20)44(29-34(4)5)53(77)63-40(15)52(76)64-41(16)56(80)70(21)45(30-35(6)7)58(82)71(22)46(31-36(8)9)59(83)72(23)49(38(12)13)61(85)73(24)50(55(79)65-42)51(75)39(14)26-27-62-17;1-2/h33-46,48-51,62,75H,25-32H2,1-24H3,(H,63,77)(H,64,76)(H,65,79)(H,66,78);2H2,1H3. The highest BCUT2D eigenvalue weighted by Crippen LogP contribution is 2.25. The van der Waals surface area contributed by atoms with E-state index in [1.807, 2.05) is 55.4 Å². The first-order valence-electron chi connectivity index (χ1n) is 31.2. The summed E-state index contributed by atoms with van der Waals surface area (Å²) in [6.07, 6.45) is -0.466. The SMILES string of the molecule is CCC1NC(=O)C(C(O)C(C)CCNC)N(C)C(=O)C(C(C)C)N(C)C(=O)C(CC(C)C)N(C)C(=O)C(CC(C)C)N(C)C(=O)C(C)NC(=O)C(C)NC(=O)C(CC(C)C)N(C)C(=O)C(C(C)C)NC(=O)C(CC(C)C)N(C)C(=O)CN(C)C1=O.CN. The fourth-order valence-corrected chi connectivity index (χ4v) is 10.7. The molecule has 502 valence electrons. The van der Waals surface area contributed by atoms with E-state index in [9.17, 15) is 48.3 Å². The van der Waals surface area contributed by atoms with Crippen molar-refractivity contribution >= 4 is 65.0 Å². The Morgan fingerprint density at radius 2 is 0.874 bits per heavy atom. The molecule has 1 rings (SSSR count). The number of aliphatic hydroxyl groups excluding tert-OH is 1. The van der Waals surface area contributed by atoms with E-state index in [2.05, 4.69) is 32.3 Å². The number of carbonyl (C=O) groups is 11. The van der Waals surface area contributed by atoms with E-state index in [0.29, 0.717) is 13.0 Å². The highest BCUT2D eigenvalue weighted by atomic mass is 16.3. The van der Waals surface area contributed by atoms with Gasteiger partial charge in [-0.2, -0.15) is 0 Å². The molecular weight excluding hydrogens is 1120 g/mol. The number of aliphatic hydroxyl groups is 1. The van der Waals surface area contributed by atoms with E-state index >= 15 is 9.59 Å². The van der Waals surface area contributed by atoms with E-state index in [1.54, 1.807) is 48.6 Å². The monoisotopic (exact) mass is 1240 g/mol. The highest BCUT2D eigenvalue weighted by molar-refractivity contribution is 5.99. The van der Waals surface area contributed by atoms with Crippen LogP contribution in [0.4, 0.5) is 0 Å². The summed E-state index contributed by atoms with van der Waals surface area (Å²) in [6.45, 7) is 28.0. The minimum Gasteiger partial charge on any atom is -0.390 e. The Hall–Kier alpha value is -5.95. The molecule has 0 radical (unpaired) electrons. The molecule has 1 heterocycles. The van der Waals surface area contributed by atoms with Crippen molar-refractivity contribution in [2.75, 3.05) is 76.5 Å². The van der Waals surface area contributed by atoms with E-state index in [1.165, 1.54) is 94.7 Å². The third-order valence-electron chi connectivity index (χ3n) is 16.2. The molecule has 1 aliphatic rings. The van der Waals surface area contributed by atoms with Crippen LogP contribution >= 0.6 is 0 Å². The molecule has 0 aromatic heterocycles. The zero-order valence-electron chi connectivity index (χ0n) is 57.7. The van der Waals surface area contributed by atoms with Gasteiger partial charge in [-0.25, -0.2) is 0 Å². The predicted molar refractivity (Wildman–Crippen MR) is 338 cm³/mol. The van der Waals surface area contributed by atoms with Crippen LogP contribution in [-0.4, -0.2) is 247 Å². The maximum atomic E-state index is 15.1. The van der Waals surface area contributed by atoms with Crippen LogP contribution in [0.2, 0.25) is 0 Å². The molecule has 1 aliphatic heterocycles.